The molecule has 1 N–H and O–H groups in total. The maximum Gasteiger partial charge on any atom is 0.264 e. The Morgan fingerprint density at radius 2 is 1.90 bits per heavy atom. The first kappa shape index (κ1) is 21.8. The van der Waals surface area contributed by atoms with Crippen molar-refractivity contribution >= 4 is 40.5 Å². The van der Waals surface area contributed by atoms with Crippen molar-refractivity contribution in [1.82, 2.24) is 5.32 Å². The van der Waals surface area contributed by atoms with Crippen molar-refractivity contribution in [1.29, 1.82) is 0 Å². The van der Waals surface area contributed by atoms with E-state index < -0.39 is 0 Å². The Morgan fingerprint density at radius 1 is 1.13 bits per heavy atom. The molecule has 0 radical (unpaired) electrons. The quantitative estimate of drug-likeness (QED) is 0.556. The Hall–Kier alpha value is -2.44. The molecule has 2 aromatic carbocycles. The van der Waals surface area contributed by atoms with Gasteiger partial charge in [-0.05, 0) is 66.1 Å². The molecule has 1 aliphatic heterocycles. The van der Waals surface area contributed by atoms with Gasteiger partial charge in [0.2, 0.25) is 0 Å². The summed E-state index contributed by atoms with van der Waals surface area (Å²) in [7, 11) is 1.60. The van der Waals surface area contributed by atoms with Crippen LogP contribution in [-0.4, -0.2) is 24.2 Å². The van der Waals surface area contributed by atoms with Gasteiger partial charge in [0.25, 0.3) is 5.91 Å². The molecule has 0 unspecified atom stereocenters. The number of amidine groups is 1. The van der Waals surface area contributed by atoms with E-state index >= 15 is 0 Å². The van der Waals surface area contributed by atoms with Crippen LogP contribution < -0.4 is 14.8 Å². The minimum absolute atomic E-state index is 0.110. The van der Waals surface area contributed by atoms with E-state index in [0.29, 0.717) is 39.2 Å². The highest BCUT2D eigenvalue weighted by molar-refractivity contribution is 8.18. The van der Waals surface area contributed by atoms with Crippen LogP contribution >= 0.6 is 23.4 Å². The largest absolute Gasteiger partial charge is 0.493 e. The van der Waals surface area contributed by atoms with Crippen molar-refractivity contribution in [2.75, 3.05) is 7.11 Å². The maximum atomic E-state index is 12.4. The average molecular weight is 457 g/mol. The number of rotatable bonds is 6. The zero-order valence-corrected chi connectivity index (χ0v) is 19.0. The summed E-state index contributed by atoms with van der Waals surface area (Å²) in [5, 5.41) is 4.29. The second-order valence-corrected chi connectivity index (χ2v) is 9.08. The molecule has 0 aromatic heterocycles. The Bertz CT molecular complexity index is 998. The number of nitrogens with one attached hydrogen (secondary N) is 1. The first-order chi connectivity index (χ1) is 15.1. The molecule has 4 rings (SSSR count). The van der Waals surface area contributed by atoms with Gasteiger partial charge in [-0.3, -0.25) is 9.79 Å². The van der Waals surface area contributed by atoms with E-state index in [9.17, 15) is 4.79 Å². The van der Waals surface area contributed by atoms with Crippen LogP contribution in [0.2, 0.25) is 5.02 Å². The van der Waals surface area contributed by atoms with Crippen LogP contribution in [0.4, 0.5) is 0 Å². The average Bonchev–Trinajstić information content (AvgIpc) is 3.13. The van der Waals surface area contributed by atoms with Crippen LogP contribution in [0.15, 0.2) is 52.4 Å². The molecule has 1 aliphatic carbocycles. The Balaban J connectivity index is 1.44. The molecule has 1 heterocycles. The standard InChI is InChI=1S/C24H25ClN2O3S/c1-29-21-13-17(9-12-20(21)30-15-16-7-10-18(25)11-8-16)14-22-23(28)27-24(31-22)26-19-5-3-2-4-6-19/h7-14,19H,2-6,15H2,1H3,(H,26,27,28). The van der Waals surface area contributed by atoms with E-state index in [4.69, 9.17) is 26.1 Å². The first-order valence-corrected chi connectivity index (χ1v) is 11.6. The molecule has 162 valence electrons. The molecule has 1 saturated carbocycles. The molecule has 0 atom stereocenters. The number of halogens is 1. The van der Waals surface area contributed by atoms with Crippen LogP contribution in [-0.2, 0) is 11.4 Å². The van der Waals surface area contributed by atoms with Gasteiger partial charge in [-0.2, -0.15) is 0 Å². The minimum Gasteiger partial charge on any atom is -0.493 e. The molecule has 1 saturated heterocycles. The first-order valence-electron chi connectivity index (χ1n) is 10.4. The fourth-order valence-electron chi connectivity index (χ4n) is 3.65. The number of thioether (sulfide) groups is 1. The van der Waals surface area contributed by atoms with Gasteiger partial charge in [-0.25, -0.2) is 0 Å². The summed E-state index contributed by atoms with van der Waals surface area (Å²) in [6, 6.07) is 13.5. The maximum absolute atomic E-state index is 12.4. The van der Waals surface area contributed by atoms with E-state index in [2.05, 4.69) is 5.32 Å². The molecule has 7 heteroatoms. The molecule has 2 aromatic rings. The lowest BCUT2D eigenvalue weighted by atomic mass is 9.96. The number of aliphatic imine (C=N–C) groups is 1. The minimum atomic E-state index is -0.110. The summed E-state index contributed by atoms with van der Waals surface area (Å²) in [5.74, 6) is 1.15. The number of hydrogen-bond acceptors (Lipinski definition) is 5. The Morgan fingerprint density at radius 3 is 2.65 bits per heavy atom. The lowest BCUT2D eigenvalue weighted by Crippen LogP contribution is -2.22. The molecule has 2 aliphatic rings. The number of carbonyl (C=O) groups is 1. The zero-order valence-electron chi connectivity index (χ0n) is 17.4. The predicted octanol–water partition coefficient (Wildman–Crippen LogP) is 5.82. The number of ether oxygens (including phenoxy) is 2. The number of nitrogens with zero attached hydrogens (tertiary/aromatic N) is 1. The van der Waals surface area contributed by atoms with Gasteiger partial charge in [0, 0.05) is 5.02 Å². The molecule has 0 spiro atoms. The number of methoxy groups -OCH3 is 1. The lowest BCUT2D eigenvalue weighted by molar-refractivity contribution is -0.115. The van der Waals surface area contributed by atoms with Gasteiger partial charge in [-0.1, -0.05) is 49.1 Å². The lowest BCUT2D eigenvalue weighted by Gasteiger charge is -2.17. The second-order valence-electron chi connectivity index (χ2n) is 7.62. The topological polar surface area (TPSA) is 59.9 Å². The molecular weight excluding hydrogens is 432 g/mol. The van der Waals surface area contributed by atoms with Crippen LogP contribution in [0.1, 0.15) is 43.2 Å². The smallest absolute Gasteiger partial charge is 0.264 e. The third kappa shape index (κ3) is 5.83. The SMILES string of the molecule is COc1cc(C=C2SC(=NC3CCCCC3)NC2=O)ccc1OCc1ccc(Cl)cc1. The highest BCUT2D eigenvalue weighted by atomic mass is 35.5. The van der Waals surface area contributed by atoms with E-state index in [-0.39, 0.29) is 5.91 Å². The van der Waals surface area contributed by atoms with Crippen LogP contribution in [0.25, 0.3) is 6.08 Å². The summed E-state index contributed by atoms with van der Waals surface area (Å²) in [6.45, 7) is 0.410. The van der Waals surface area contributed by atoms with Crippen molar-refractivity contribution in [3.05, 3.63) is 63.5 Å². The van der Waals surface area contributed by atoms with Crippen LogP contribution in [0, 0.1) is 0 Å². The number of hydrogen-bond donors (Lipinski definition) is 1. The highest BCUT2D eigenvalue weighted by Gasteiger charge is 2.25. The number of amides is 1. The fraction of sp³-hybridized carbons (Fsp3) is 0.333. The third-order valence-electron chi connectivity index (χ3n) is 5.32. The summed E-state index contributed by atoms with van der Waals surface area (Å²) in [5.41, 5.74) is 1.88. The van der Waals surface area contributed by atoms with E-state index in [1.54, 1.807) is 7.11 Å². The molecule has 5 nitrogen and oxygen atoms in total. The van der Waals surface area contributed by atoms with Gasteiger partial charge >= 0.3 is 0 Å². The molecule has 2 fully saturated rings. The molecular formula is C24H25ClN2O3S. The van der Waals surface area contributed by atoms with Crippen molar-refractivity contribution < 1.29 is 14.3 Å². The number of benzene rings is 2. The van der Waals surface area contributed by atoms with Crippen LogP contribution in [0.5, 0.6) is 11.5 Å². The second kappa shape index (κ2) is 10.2. The predicted molar refractivity (Wildman–Crippen MR) is 127 cm³/mol. The van der Waals surface area contributed by atoms with Crippen molar-refractivity contribution in [3.8, 4) is 11.5 Å². The fourth-order valence-corrected chi connectivity index (χ4v) is 4.67. The normalized spacial score (nSPS) is 19.6. The summed E-state index contributed by atoms with van der Waals surface area (Å²) < 4.78 is 11.4. The van der Waals surface area contributed by atoms with Gasteiger partial charge in [-0.15, -0.1) is 0 Å². The zero-order chi connectivity index (χ0) is 21.6. The molecule has 0 bridgehead atoms. The number of carbonyl (C=O) groups excluding carboxylic acids is 1. The van der Waals surface area contributed by atoms with Gasteiger partial charge in [0.1, 0.15) is 6.61 Å². The van der Waals surface area contributed by atoms with Crippen molar-refractivity contribution in [3.63, 3.8) is 0 Å². The third-order valence-corrected chi connectivity index (χ3v) is 6.49. The summed E-state index contributed by atoms with van der Waals surface area (Å²) in [6.07, 6.45) is 7.79. The van der Waals surface area contributed by atoms with E-state index in [0.717, 1.165) is 24.0 Å². The van der Waals surface area contributed by atoms with Gasteiger partial charge in [0.05, 0.1) is 18.1 Å². The van der Waals surface area contributed by atoms with Crippen LogP contribution in [0.3, 0.4) is 0 Å². The summed E-state index contributed by atoms with van der Waals surface area (Å²) in [4.78, 5) is 17.8. The molecule has 31 heavy (non-hydrogen) atoms. The summed E-state index contributed by atoms with van der Waals surface area (Å²) >= 11 is 7.33. The van der Waals surface area contributed by atoms with Crippen molar-refractivity contribution in [2.24, 2.45) is 4.99 Å². The van der Waals surface area contributed by atoms with E-state index in [1.807, 2.05) is 48.5 Å². The van der Waals surface area contributed by atoms with Gasteiger partial charge < -0.3 is 14.8 Å². The van der Waals surface area contributed by atoms with E-state index in [1.165, 1.54) is 31.0 Å². The van der Waals surface area contributed by atoms with Gasteiger partial charge in [0.15, 0.2) is 16.7 Å². The molecule has 1 amide bonds. The highest BCUT2D eigenvalue weighted by Crippen LogP contribution is 2.33. The Kier molecular flexibility index (Phi) is 7.20. The monoisotopic (exact) mass is 456 g/mol. The van der Waals surface area contributed by atoms with Crippen molar-refractivity contribution in [2.45, 2.75) is 44.8 Å². The Labute approximate surface area is 191 Å².